The number of nitrogens with zero attached hydrogens (tertiary/aromatic N) is 1. The molecule has 0 unspecified atom stereocenters. The van der Waals surface area contributed by atoms with Crippen LogP contribution in [-0.4, -0.2) is 41.1 Å². The zero-order valence-electron chi connectivity index (χ0n) is 15.9. The SMILES string of the molecule is CCN1C(=O)c2ccc(NCC3CCC(NSC(C)C)CC3)cc2C1=O. The van der Waals surface area contributed by atoms with Gasteiger partial charge in [0.15, 0.2) is 0 Å². The second-order valence-electron chi connectivity index (χ2n) is 7.50. The Morgan fingerprint density at radius 2 is 1.81 bits per heavy atom. The molecule has 0 bridgehead atoms. The summed E-state index contributed by atoms with van der Waals surface area (Å²) in [6.45, 7) is 7.58. The minimum Gasteiger partial charge on any atom is -0.385 e. The van der Waals surface area contributed by atoms with Crippen LogP contribution in [0.2, 0.25) is 0 Å². The smallest absolute Gasteiger partial charge is 0.261 e. The van der Waals surface area contributed by atoms with Crippen LogP contribution in [0, 0.1) is 5.92 Å². The third-order valence-corrected chi connectivity index (χ3v) is 6.14. The van der Waals surface area contributed by atoms with Gasteiger partial charge in [0.25, 0.3) is 11.8 Å². The van der Waals surface area contributed by atoms with Gasteiger partial charge in [-0.05, 0) is 56.7 Å². The minimum atomic E-state index is -0.177. The summed E-state index contributed by atoms with van der Waals surface area (Å²) in [5.41, 5.74) is 1.98. The highest BCUT2D eigenvalue weighted by Gasteiger charge is 2.34. The van der Waals surface area contributed by atoms with Crippen molar-refractivity contribution in [2.24, 2.45) is 5.92 Å². The predicted octanol–water partition coefficient (Wildman–Crippen LogP) is 3.92. The molecule has 1 heterocycles. The van der Waals surface area contributed by atoms with Crippen molar-refractivity contribution in [1.29, 1.82) is 0 Å². The molecule has 3 rings (SSSR count). The normalized spacial score (nSPS) is 22.8. The number of carbonyl (C=O) groups excluding carboxylic acids is 2. The molecule has 2 aliphatic rings. The van der Waals surface area contributed by atoms with Gasteiger partial charge in [0.2, 0.25) is 0 Å². The molecule has 6 heteroatoms. The van der Waals surface area contributed by atoms with Crippen LogP contribution in [0.5, 0.6) is 0 Å². The lowest BCUT2D eigenvalue weighted by Crippen LogP contribution is -2.31. The van der Waals surface area contributed by atoms with Crippen LogP contribution < -0.4 is 10.0 Å². The van der Waals surface area contributed by atoms with Crippen molar-refractivity contribution in [3.63, 3.8) is 0 Å². The summed E-state index contributed by atoms with van der Waals surface area (Å²) in [5.74, 6) is 0.310. The number of benzene rings is 1. The Balaban J connectivity index is 1.50. The molecule has 1 fully saturated rings. The van der Waals surface area contributed by atoms with Crippen molar-refractivity contribution in [1.82, 2.24) is 9.62 Å². The maximum atomic E-state index is 12.3. The number of imide groups is 1. The number of amides is 2. The molecule has 5 nitrogen and oxygen atoms in total. The highest BCUT2D eigenvalue weighted by molar-refractivity contribution is 7.98. The highest BCUT2D eigenvalue weighted by Crippen LogP contribution is 2.28. The monoisotopic (exact) mass is 375 g/mol. The van der Waals surface area contributed by atoms with Crippen LogP contribution in [0.15, 0.2) is 18.2 Å². The molecular weight excluding hydrogens is 346 g/mol. The van der Waals surface area contributed by atoms with Gasteiger partial charge in [0, 0.05) is 30.1 Å². The van der Waals surface area contributed by atoms with Crippen molar-refractivity contribution in [2.45, 2.75) is 57.7 Å². The van der Waals surface area contributed by atoms with Gasteiger partial charge in [-0.1, -0.05) is 25.8 Å². The Hall–Kier alpha value is -1.53. The fourth-order valence-electron chi connectivity index (χ4n) is 3.67. The summed E-state index contributed by atoms with van der Waals surface area (Å²) in [6.07, 6.45) is 4.87. The molecular formula is C20H29N3O2S. The minimum absolute atomic E-state index is 0.176. The first-order chi connectivity index (χ1) is 12.5. The van der Waals surface area contributed by atoms with Crippen molar-refractivity contribution >= 4 is 29.4 Å². The quantitative estimate of drug-likeness (QED) is 0.559. The molecule has 0 radical (unpaired) electrons. The van der Waals surface area contributed by atoms with E-state index in [9.17, 15) is 9.59 Å². The lowest BCUT2D eigenvalue weighted by Gasteiger charge is -2.29. The molecule has 0 atom stereocenters. The maximum Gasteiger partial charge on any atom is 0.261 e. The lowest BCUT2D eigenvalue weighted by molar-refractivity contribution is 0.0663. The Kier molecular flexibility index (Phi) is 6.24. The Morgan fingerprint density at radius 1 is 1.12 bits per heavy atom. The largest absolute Gasteiger partial charge is 0.385 e. The Morgan fingerprint density at radius 3 is 2.46 bits per heavy atom. The average Bonchev–Trinajstić information content (AvgIpc) is 2.89. The molecule has 1 aliphatic carbocycles. The van der Waals surface area contributed by atoms with Crippen molar-refractivity contribution in [3.05, 3.63) is 29.3 Å². The summed E-state index contributed by atoms with van der Waals surface area (Å²) in [6, 6.07) is 6.15. The van der Waals surface area contributed by atoms with Crippen LogP contribution in [0.3, 0.4) is 0 Å². The number of carbonyl (C=O) groups is 2. The third kappa shape index (κ3) is 4.23. The molecule has 1 aromatic rings. The number of rotatable bonds is 7. The summed E-state index contributed by atoms with van der Waals surface area (Å²) in [7, 11) is 0. The lowest BCUT2D eigenvalue weighted by atomic mass is 9.86. The third-order valence-electron chi connectivity index (χ3n) is 5.20. The van der Waals surface area contributed by atoms with Gasteiger partial charge < -0.3 is 5.32 Å². The second kappa shape index (κ2) is 8.44. The molecule has 26 heavy (non-hydrogen) atoms. The topological polar surface area (TPSA) is 61.4 Å². The number of hydrogen-bond acceptors (Lipinski definition) is 5. The van der Waals surface area contributed by atoms with Crippen LogP contribution in [0.4, 0.5) is 5.69 Å². The molecule has 0 saturated heterocycles. The van der Waals surface area contributed by atoms with E-state index in [1.807, 2.05) is 31.0 Å². The van der Waals surface area contributed by atoms with Gasteiger partial charge in [0.05, 0.1) is 11.1 Å². The second-order valence-corrected chi connectivity index (χ2v) is 8.91. The summed E-state index contributed by atoms with van der Waals surface area (Å²) in [4.78, 5) is 25.8. The number of fused-ring (bicyclic) bond motifs is 1. The van der Waals surface area contributed by atoms with Gasteiger partial charge in [-0.15, -0.1) is 0 Å². The van der Waals surface area contributed by atoms with E-state index in [0.29, 0.717) is 34.9 Å². The van der Waals surface area contributed by atoms with Crippen LogP contribution in [-0.2, 0) is 0 Å². The fraction of sp³-hybridized carbons (Fsp3) is 0.600. The standard InChI is InChI=1S/C20H29N3O2S/c1-4-23-19(24)17-10-9-16(11-18(17)20(23)25)21-12-14-5-7-15(8-6-14)22-26-13(2)3/h9-11,13-15,21-22H,4-8,12H2,1-3H3. The van der Waals surface area contributed by atoms with Crippen LogP contribution >= 0.6 is 11.9 Å². The van der Waals surface area contributed by atoms with Crippen molar-refractivity contribution in [2.75, 3.05) is 18.4 Å². The highest BCUT2D eigenvalue weighted by atomic mass is 32.2. The zero-order chi connectivity index (χ0) is 18.7. The summed E-state index contributed by atoms with van der Waals surface area (Å²) >= 11 is 1.83. The average molecular weight is 376 g/mol. The Bertz CT molecular complexity index is 669. The predicted molar refractivity (Wildman–Crippen MR) is 108 cm³/mol. The molecule has 1 saturated carbocycles. The van der Waals surface area contributed by atoms with Gasteiger partial charge in [-0.3, -0.25) is 19.2 Å². The summed E-state index contributed by atoms with van der Waals surface area (Å²) in [5, 5.41) is 4.09. The number of nitrogens with one attached hydrogen (secondary N) is 2. The summed E-state index contributed by atoms with van der Waals surface area (Å²) < 4.78 is 3.58. The van der Waals surface area contributed by atoms with Crippen molar-refractivity contribution < 1.29 is 9.59 Å². The van der Waals surface area contributed by atoms with E-state index in [0.717, 1.165) is 12.2 Å². The van der Waals surface area contributed by atoms with E-state index in [1.165, 1.54) is 30.6 Å². The molecule has 2 amide bonds. The molecule has 0 aromatic heterocycles. The molecule has 2 N–H and O–H groups in total. The van der Waals surface area contributed by atoms with Gasteiger partial charge in [-0.2, -0.15) is 0 Å². The molecule has 1 aliphatic heterocycles. The van der Waals surface area contributed by atoms with Gasteiger partial charge in [0.1, 0.15) is 0 Å². The number of hydrogen-bond donors (Lipinski definition) is 2. The fourth-order valence-corrected chi connectivity index (χ4v) is 4.37. The maximum absolute atomic E-state index is 12.3. The van der Waals surface area contributed by atoms with E-state index < -0.39 is 0 Å². The van der Waals surface area contributed by atoms with E-state index in [2.05, 4.69) is 23.9 Å². The van der Waals surface area contributed by atoms with E-state index in [1.54, 1.807) is 6.07 Å². The van der Waals surface area contributed by atoms with Crippen molar-refractivity contribution in [3.8, 4) is 0 Å². The first kappa shape index (κ1) is 19.2. The van der Waals surface area contributed by atoms with E-state index in [4.69, 9.17) is 0 Å². The van der Waals surface area contributed by atoms with Crippen LogP contribution in [0.1, 0.15) is 67.2 Å². The first-order valence-electron chi connectivity index (χ1n) is 9.64. The van der Waals surface area contributed by atoms with Gasteiger partial charge in [-0.25, -0.2) is 0 Å². The van der Waals surface area contributed by atoms with Gasteiger partial charge >= 0.3 is 0 Å². The molecule has 142 valence electrons. The van der Waals surface area contributed by atoms with E-state index in [-0.39, 0.29) is 11.8 Å². The molecule has 0 spiro atoms. The first-order valence-corrected chi connectivity index (χ1v) is 10.5. The van der Waals surface area contributed by atoms with Crippen LogP contribution in [0.25, 0.3) is 0 Å². The Labute approximate surface area is 160 Å². The molecule has 1 aromatic carbocycles. The number of anilines is 1. The zero-order valence-corrected chi connectivity index (χ0v) is 16.7. The van der Waals surface area contributed by atoms with E-state index >= 15 is 0 Å².